The molecule has 36 heavy (non-hydrogen) atoms. The van der Waals surface area contributed by atoms with E-state index in [1.54, 1.807) is 48.5 Å². The molecule has 0 fully saturated rings. The minimum Gasteiger partial charge on any atom is -0.352 e. The van der Waals surface area contributed by atoms with Crippen LogP contribution in [0.25, 0.3) is 0 Å². The molecule has 2 amide bonds. The lowest BCUT2D eigenvalue weighted by atomic mass is 10.1. The Labute approximate surface area is 213 Å². The number of sulfonamides is 1. The molecule has 0 aliphatic rings. The van der Waals surface area contributed by atoms with E-state index in [1.165, 1.54) is 12.1 Å². The van der Waals surface area contributed by atoms with Gasteiger partial charge in [0.1, 0.15) is 6.54 Å². The molecule has 0 unspecified atom stereocenters. The first-order valence-corrected chi connectivity index (χ1v) is 13.4. The maximum atomic E-state index is 13.7. The SMILES string of the molecule is CCCCNC(=O)c1ccccc1NC(=O)CN(c1cc(C)cc(C)c1)S(=O)(=O)c1ccc(C)cc1. The highest BCUT2D eigenvalue weighted by Gasteiger charge is 2.28. The van der Waals surface area contributed by atoms with Crippen LogP contribution in [-0.2, 0) is 14.8 Å². The Kier molecular flexibility index (Phi) is 8.88. The number of nitrogens with zero attached hydrogens (tertiary/aromatic N) is 1. The maximum absolute atomic E-state index is 13.7. The third kappa shape index (κ3) is 6.73. The number of unbranched alkanes of at least 4 members (excludes halogenated alkanes) is 1. The second-order valence-electron chi connectivity index (χ2n) is 8.87. The van der Waals surface area contributed by atoms with Crippen LogP contribution in [0.15, 0.2) is 71.6 Å². The van der Waals surface area contributed by atoms with E-state index in [4.69, 9.17) is 0 Å². The summed E-state index contributed by atoms with van der Waals surface area (Å²) in [5.74, 6) is -0.851. The highest BCUT2D eigenvalue weighted by molar-refractivity contribution is 7.92. The van der Waals surface area contributed by atoms with Crippen molar-refractivity contribution in [2.45, 2.75) is 45.4 Å². The summed E-state index contributed by atoms with van der Waals surface area (Å²) in [4.78, 5) is 25.9. The highest BCUT2D eigenvalue weighted by Crippen LogP contribution is 2.26. The van der Waals surface area contributed by atoms with Gasteiger partial charge in [-0.05, 0) is 74.7 Å². The van der Waals surface area contributed by atoms with Crippen molar-refractivity contribution < 1.29 is 18.0 Å². The van der Waals surface area contributed by atoms with Gasteiger partial charge < -0.3 is 10.6 Å². The predicted octanol–water partition coefficient (Wildman–Crippen LogP) is 4.98. The van der Waals surface area contributed by atoms with Crippen molar-refractivity contribution in [1.29, 1.82) is 0 Å². The van der Waals surface area contributed by atoms with Gasteiger partial charge in [0.05, 0.1) is 21.8 Å². The van der Waals surface area contributed by atoms with Gasteiger partial charge in [-0.1, -0.05) is 49.2 Å². The molecule has 0 bridgehead atoms. The molecule has 2 N–H and O–H groups in total. The second kappa shape index (κ2) is 11.9. The number of aryl methyl sites for hydroxylation is 3. The fourth-order valence-corrected chi connectivity index (χ4v) is 5.24. The standard InChI is InChI=1S/C28H33N3O4S/c1-5-6-15-29-28(33)25-9-7-8-10-26(25)30-27(32)19-31(23-17-21(3)16-22(4)18-23)36(34,35)24-13-11-20(2)12-14-24/h7-14,16-18H,5-6,15,19H2,1-4H3,(H,29,33)(H,30,32). The normalized spacial score (nSPS) is 11.1. The maximum Gasteiger partial charge on any atom is 0.264 e. The number of carbonyl (C=O) groups excluding carboxylic acids is 2. The Morgan fingerprint density at radius 1 is 0.861 bits per heavy atom. The lowest BCUT2D eigenvalue weighted by molar-refractivity contribution is -0.114. The van der Waals surface area contributed by atoms with Gasteiger partial charge in [-0.15, -0.1) is 0 Å². The van der Waals surface area contributed by atoms with Crippen LogP contribution in [0.4, 0.5) is 11.4 Å². The summed E-state index contributed by atoms with van der Waals surface area (Å²) >= 11 is 0. The second-order valence-corrected chi connectivity index (χ2v) is 10.7. The topological polar surface area (TPSA) is 95.6 Å². The monoisotopic (exact) mass is 507 g/mol. The van der Waals surface area contributed by atoms with E-state index < -0.39 is 22.5 Å². The van der Waals surface area contributed by atoms with E-state index >= 15 is 0 Å². The van der Waals surface area contributed by atoms with Crippen molar-refractivity contribution in [3.63, 3.8) is 0 Å². The number of benzene rings is 3. The van der Waals surface area contributed by atoms with Gasteiger partial charge in [0.15, 0.2) is 0 Å². The quantitative estimate of drug-likeness (QED) is 0.379. The number of para-hydroxylation sites is 1. The summed E-state index contributed by atoms with van der Waals surface area (Å²) in [6, 6.07) is 18.6. The number of nitrogens with one attached hydrogen (secondary N) is 2. The summed E-state index contributed by atoms with van der Waals surface area (Å²) in [6.45, 7) is 7.74. The Hall–Kier alpha value is -3.65. The molecule has 0 aliphatic carbocycles. The minimum absolute atomic E-state index is 0.0933. The first-order chi connectivity index (χ1) is 17.1. The van der Waals surface area contributed by atoms with Crippen LogP contribution < -0.4 is 14.9 Å². The number of amides is 2. The zero-order valence-electron chi connectivity index (χ0n) is 21.2. The van der Waals surface area contributed by atoms with Crippen molar-refractivity contribution in [2.24, 2.45) is 0 Å². The van der Waals surface area contributed by atoms with Crippen LogP contribution >= 0.6 is 0 Å². The molecule has 0 radical (unpaired) electrons. The average Bonchev–Trinajstić information content (AvgIpc) is 2.82. The number of anilines is 2. The van der Waals surface area contributed by atoms with Crippen molar-refractivity contribution in [2.75, 3.05) is 22.7 Å². The fraction of sp³-hybridized carbons (Fsp3) is 0.286. The average molecular weight is 508 g/mol. The number of hydrogen-bond acceptors (Lipinski definition) is 4. The molecule has 0 saturated heterocycles. The minimum atomic E-state index is -4.04. The molecule has 0 spiro atoms. The summed E-state index contributed by atoms with van der Waals surface area (Å²) < 4.78 is 28.4. The van der Waals surface area contributed by atoms with Gasteiger partial charge in [0, 0.05) is 6.54 Å². The van der Waals surface area contributed by atoms with Gasteiger partial charge in [-0.25, -0.2) is 8.42 Å². The smallest absolute Gasteiger partial charge is 0.264 e. The van der Waals surface area contributed by atoms with Crippen LogP contribution in [0.2, 0.25) is 0 Å². The van der Waals surface area contributed by atoms with E-state index in [0.29, 0.717) is 23.5 Å². The van der Waals surface area contributed by atoms with Gasteiger partial charge in [-0.3, -0.25) is 13.9 Å². The molecule has 0 atom stereocenters. The highest BCUT2D eigenvalue weighted by atomic mass is 32.2. The van der Waals surface area contributed by atoms with E-state index in [9.17, 15) is 18.0 Å². The zero-order valence-corrected chi connectivity index (χ0v) is 22.0. The molecule has 8 heteroatoms. The summed E-state index contributed by atoms with van der Waals surface area (Å²) in [7, 11) is -4.04. The lowest BCUT2D eigenvalue weighted by Crippen LogP contribution is -2.38. The third-order valence-corrected chi connectivity index (χ3v) is 7.44. The van der Waals surface area contributed by atoms with E-state index in [-0.39, 0.29) is 10.8 Å². The van der Waals surface area contributed by atoms with Crippen molar-refractivity contribution in [1.82, 2.24) is 5.32 Å². The number of hydrogen-bond donors (Lipinski definition) is 2. The van der Waals surface area contributed by atoms with E-state index in [1.807, 2.05) is 33.8 Å². The Morgan fingerprint density at radius 2 is 1.50 bits per heavy atom. The third-order valence-electron chi connectivity index (χ3n) is 5.65. The first-order valence-electron chi connectivity index (χ1n) is 12.0. The lowest BCUT2D eigenvalue weighted by Gasteiger charge is -2.25. The summed E-state index contributed by atoms with van der Waals surface area (Å²) in [6.07, 6.45) is 1.80. The van der Waals surface area contributed by atoms with Crippen LogP contribution in [0.1, 0.15) is 46.8 Å². The molecule has 7 nitrogen and oxygen atoms in total. The molecular formula is C28H33N3O4S. The molecule has 190 valence electrons. The Balaban J connectivity index is 1.92. The summed E-state index contributed by atoms with van der Waals surface area (Å²) in [5.41, 5.74) is 3.73. The van der Waals surface area contributed by atoms with E-state index in [2.05, 4.69) is 10.6 Å². The van der Waals surface area contributed by atoms with E-state index in [0.717, 1.165) is 33.8 Å². The first kappa shape index (κ1) is 26.9. The molecule has 0 aromatic heterocycles. The Bertz CT molecular complexity index is 1310. The van der Waals surface area contributed by atoms with Gasteiger partial charge >= 0.3 is 0 Å². The molecule has 3 aromatic rings. The summed E-state index contributed by atoms with van der Waals surface area (Å²) in [5, 5.41) is 5.58. The molecule has 3 rings (SSSR count). The number of rotatable bonds is 10. The van der Waals surface area contributed by atoms with Gasteiger partial charge in [0.2, 0.25) is 5.91 Å². The van der Waals surface area contributed by atoms with Gasteiger partial charge in [-0.2, -0.15) is 0 Å². The van der Waals surface area contributed by atoms with Crippen LogP contribution in [-0.4, -0.2) is 33.3 Å². The molecule has 3 aromatic carbocycles. The largest absolute Gasteiger partial charge is 0.352 e. The van der Waals surface area contributed by atoms with Crippen LogP contribution in [0.3, 0.4) is 0 Å². The zero-order chi connectivity index (χ0) is 26.3. The molecule has 0 heterocycles. The van der Waals surface area contributed by atoms with Crippen molar-refractivity contribution in [3.05, 3.63) is 89.0 Å². The van der Waals surface area contributed by atoms with Crippen LogP contribution in [0.5, 0.6) is 0 Å². The van der Waals surface area contributed by atoms with Crippen molar-refractivity contribution >= 4 is 33.2 Å². The molecular weight excluding hydrogens is 474 g/mol. The van der Waals surface area contributed by atoms with Crippen LogP contribution in [0, 0.1) is 20.8 Å². The molecule has 0 saturated carbocycles. The predicted molar refractivity (Wildman–Crippen MR) is 144 cm³/mol. The van der Waals surface area contributed by atoms with Crippen molar-refractivity contribution in [3.8, 4) is 0 Å². The molecule has 0 aliphatic heterocycles. The number of carbonyl (C=O) groups is 2. The Morgan fingerprint density at radius 3 is 2.14 bits per heavy atom. The van der Waals surface area contributed by atoms with Gasteiger partial charge in [0.25, 0.3) is 15.9 Å². The fourth-order valence-electron chi connectivity index (χ4n) is 3.83.